The molecule has 0 nitrogen and oxygen atoms in total. The van der Waals surface area contributed by atoms with Crippen molar-refractivity contribution in [3.63, 3.8) is 0 Å². The first-order chi connectivity index (χ1) is 8.19. The van der Waals surface area contributed by atoms with E-state index in [0.29, 0.717) is 5.92 Å². The highest BCUT2D eigenvalue weighted by Crippen LogP contribution is 2.20. The molecule has 92 valence electrons. The fraction of sp³-hybridized carbons (Fsp3) is 0.412. The monoisotopic (exact) mass is 228 g/mol. The molecular weight excluding hydrogens is 204 g/mol. The molecular formula is C17H24. The van der Waals surface area contributed by atoms with Gasteiger partial charge >= 0.3 is 0 Å². The third-order valence-electron chi connectivity index (χ3n) is 2.94. The average molecular weight is 228 g/mol. The molecule has 2 aromatic carbocycles. The van der Waals surface area contributed by atoms with Gasteiger partial charge in [-0.2, -0.15) is 0 Å². The SMILES string of the molecule is CC(C)c1ccc2ccccc2c1.CCCC. The lowest BCUT2D eigenvalue weighted by molar-refractivity contribution is 0.869. The summed E-state index contributed by atoms with van der Waals surface area (Å²) in [6.45, 7) is 8.81. The normalized spacial score (nSPS) is 10.2. The second-order valence-corrected chi connectivity index (χ2v) is 4.76. The lowest BCUT2D eigenvalue weighted by atomic mass is 9.99. The Morgan fingerprint density at radius 1 is 0.824 bits per heavy atom. The van der Waals surface area contributed by atoms with E-state index in [0.717, 1.165) is 0 Å². The lowest BCUT2D eigenvalue weighted by Crippen LogP contribution is -1.85. The Labute approximate surface area is 106 Å². The number of unbranched alkanes of at least 4 members (excludes halogenated alkanes) is 1. The third kappa shape index (κ3) is 4.22. The van der Waals surface area contributed by atoms with Gasteiger partial charge in [0, 0.05) is 0 Å². The minimum Gasteiger partial charge on any atom is -0.0654 e. The van der Waals surface area contributed by atoms with Gasteiger partial charge in [-0.05, 0) is 22.3 Å². The van der Waals surface area contributed by atoms with Gasteiger partial charge in [0.2, 0.25) is 0 Å². The fourth-order valence-electron chi connectivity index (χ4n) is 1.57. The van der Waals surface area contributed by atoms with Gasteiger partial charge in [-0.1, -0.05) is 83.0 Å². The molecule has 17 heavy (non-hydrogen) atoms. The van der Waals surface area contributed by atoms with Gasteiger partial charge in [0.25, 0.3) is 0 Å². The first-order valence-electron chi connectivity index (χ1n) is 6.67. The number of rotatable bonds is 2. The lowest BCUT2D eigenvalue weighted by Gasteiger charge is -2.06. The number of hydrogen-bond donors (Lipinski definition) is 0. The summed E-state index contributed by atoms with van der Waals surface area (Å²) >= 11 is 0. The van der Waals surface area contributed by atoms with Crippen LogP contribution in [0.15, 0.2) is 42.5 Å². The van der Waals surface area contributed by atoms with Crippen LogP contribution < -0.4 is 0 Å². The highest BCUT2D eigenvalue weighted by atomic mass is 14.0. The van der Waals surface area contributed by atoms with Crippen LogP contribution in [-0.2, 0) is 0 Å². The predicted octanol–water partition coefficient (Wildman–Crippen LogP) is 5.77. The molecule has 0 spiro atoms. The van der Waals surface area contributed by atoms with Crippen molar-refractivity contribution in [1.29, 1.82) is 0 Å². The van der Waals surface area contributed by atoms with E-state index in [-0.39, 0.29) is 0 Å². The summed E-state index contributed by atoms with van der Waals surface area (Å²) in [7, 11) is 0. The summed E-state index contributed by atoms with van der Waals surface area (Å²) in [6, 6.07) is 15.2. The smallest absolute Gasteiger partial charge is 0.0181 e. The van der Waals surface area contributed by atoms with Crippen molar-refractivity contribution in [3.8, 4) is 0 Å². The summed E-state index contributed by atoms with van der Waals surface area (Å²) in [5.41, 5.74) is 1.42. The van der Waals surface area contributed by atoms with Crippen LogP contribution in [0, 0.1) is 0 Å². The molecule has 0 fully saturated rings. The average Bonchev–Trinajstić information content (AvgIpc) is 2.38. The van der Waals surface area contributed by atoms with Crippen molar-refractivity contribution in [1.82, 2.24) is 0 Å². The van der Waals surface area contributed by atoms with Gasteiger partial charge in [-0.3, -0.25) is 0 Å². The third-order valence-corrected chi connectivity index (χ3v) is 2.94. The van der Waals surface area contributed by atoms with Gasteiger partial charge < -0.3 is 0 Å². The van der Waals surface area contributed by atoms with Crippen LogP contribution in [0.2, 0.25) is 0 Å². The number of hydrogen-bond acceptors (Lipinski definition) is 0. The van der Waals surface area contributed by atoms with E-state index >= 15 is 0 Å². The minimum absolute atomic E-state index is 0.615. The predicted molar refractivity (Wildman–Crippen MR) is 78.6 cm³/mol. The summed E-state index contributed by atoms with van der Waals surface area (Å²) < 4.78 is 0. The van der Waals surface area contributed by atoms with E-state index in [4.69, 9.17) is 0 Å². The van der Waals surface area contributed by atoms with Gasteiger partial charge in [0.1, 0.15) is 0 Å². The molecule has 0 bridgehead atoms. The van der Waals surface area contributed by atoms with Crippen molar-refractivity contribution in [2.45, 2.75) is 46.5 Å². The highest BCUT2D eigenvalue weighted by molar-refractivity contribution is 5.83. The zero-order valence-corrected chi connectivity index (χ0v) is 11.5. The van der Waals surface area contributed by atoms with Gasteiger partial charge in [0.05, 0.1) is 0 Å². The Kier molecular flexibility index (Phi) is 5.76. The maximum Gasteiger partial charge on any atom is -0.0181 e. The topological polar surface area (TPSA) is 0 Å². The summed E-state index contributed by atoms with van der Waals surface area (Å²) in [5.74, 6) is 0.615. The van der Waals surface area contributed by atoms with Crippen LogP contribution in [0.4, 0.5) is 0 Å². The van der Waals surface area contributed by atoms with Crippen molar-refractivity contribution in [2.75, 3.05) is 0 Å². The molecule has 0 unspecified atom stereocenters. The van der Waals surface area contributed by atoms with Gasteiger partial charge in [-0.15, -0.1) is 0 Å². The van der Waals surface area contributed by atoms with E-state index in [1.54, 1.807) is 0 Å². The van der Waals surface area contributed by atoms with E-state index in [1.807, 2.05) is 0 Å². The van der Waals surface area contributed by atoms with Crippen LogP contribution in [0.1, 0.15) is 52.0 Å². The van der Waals surface area contributed by atoms with Gasteiger partial charge in [-0.25, -0.2) is 0 Å². The zero-order chi connectivity index (χ0) is 12.7. The molecule has 2 rings (SSSR count). The van der Waals surface area contributed by atoms with Crippen LogP contribution in [-0.4, -0.2) is 0 Å². The Morgan fingerprint density at radius 2 is 1.41 bits per heavy atom. The first kappa shape index (κ1) is 13.8. The summed E-state index contributed by atoms with van der Waals surface area (Å²) in [5, 5.41) is 2.67. The first-order valence-corrected chi connectivity index (χ1v) is 6.67. The van der Waals surface area contributed by atoms with E-state index in [1.165, 1.54) is 29.2 Å². The number of fused-ring (bicyclic) bond motifs is 1. The molecule has 0 aliphatic rings. The molecule has 0 heteroatoms. The number of benzene rings is 2. The van der Waals surface area contributed by atoms with E-state index in [9.17, 15) is 0 Å². The van der Waals surface area contributed by atoms with Crippen molar-refractivity contribution in [2.24, 2.45) is 0 Å². The molecule has 0 aliphatic heterocycles. The summed E-state index contributed by atoms with van der Waals surface area (Å²) in [6.07, 6.45) is 2.64. The molecule has 0 N–H and O–H groups in total. The molecule has 0 radical (unpaired) electrons. The van der Waals surface area contributed by atoms with Crippen LogP contribution >= 0.6 is 0 Å². The Hall–Kier alpha value is -1.30. The second kappa shape index (κ2) is 7.11. The molecule has 0 saturated carbocycles. The Bertz CT molecular complexity index is 438. The second-order valence-electron chi connectivity index (χ2n) is 4.76. The van der Waals surface area contributed by atoms with Crippen LogP contribution in [0.5, 0.6) is 0 Å². The standard InChI is InChI=1S/C13H14.C4H10/c1-10(2)12-8-7-11-5-3-4-6-13(11)9-12;1-3-4-2/h3-10H,1-2H3;3-4H2,1-2H3. The van der Waals surface area contributed by atoms with E-state index < -0.39 is 0 Å². The van der Waals surface area contributed by atoms with Crippen molar-refractivity contribution in [3.05, 3.63) is 48.0 Å². The fourth-order valence-corrected chi connectivity index (χ4v) is 1.57. The van der Waals surface area contributed by atoms with Gasteiger partial charge in [0.15, 0.2) is 0 Å². The highest BCUT2D eigenvalue weighted by Gasteiger charge is 1.99. The maximum atomic E-state index is 2.28. The Morgan fingerprint density at radius 3 is 1.94 bits per heavy atom. The quantitative estimate of drug-likeness (QED) is 0.612. The maximum absolute atomic E-state index is 2.28. The Balaban J connectivity index is 0.000000317. The minimum atomic E-state index is 0.615. The van der Waals surface area contributed by atoms with Crippen molar-refractivity contribution >= 4 is 10.8 Å². The molecule has 0 aromatic heterocycles. The summed E-state index contributed by atoms with van der Waals surface area (Å²) in [4.78, 5) is 0. The molecule has 0 amide bonds. The largest absolute Gasteiger partial charge is 0.0654 e. The van der Waals surface area contributed by atoms with Crippen LogP contribution in [0.25, 0.3) is 10.8 Å². The van der Waals surface area contributed by atoms with E-state index in [2.05, 4.69) is 70.2 Å². The molecule has 2 aromatic rings. The molecule has 0 aliphatic carbocycles. The van der Waals surface area contributed by atoms with Crippen LogP contribution in [0.3, 0.4) is 0 Å². The molecule has 0 heterocycles. The molecule has 0 saturated heterocycles. The van der Waals surface area contributed by atoms with Crippen molar-refractivity contribution < 1.29 is 0 Å². The zero-order valence-electron chi connectivity index (χ0n) is 11.5. The molecule has 0 atom stereocenters.